The Labute approximate surface area is 110 Å². The molecule has 0 aliphatic heterocycles. The Balaban J connectivity index is 2.22. The lowest BCUT2D eigenvalue weighted by Crippen LogP contribution is -2.10. The number of hydrogen-bond acceptors (Lipinski definition) is 3. The zero-order valence-corrected chi connectivity index (χ0v) is 10.6. The summed E-state index contributed by atoms with van der Waals surface area (Å²) in [4.78, 5) is 4.22. The van der Waals surface area contributed by atoms with Gasteiger partial charge in [0.1, 0.15) is 5.82 Å². The fourth-order valence-corrected chi connectivity index (χ4v) is 1.80. The molecular weight excluding hydrogens is 253 g/mol. The summed E-state index contributed by atoms with van der Waals surface area (Å²) in [6.07, 6.45) is 1.71. The van der Waals surface area contributed by atoms with Crippen molar-refractivity contribution >= 4 is 23.0 Å². The third-order valence-electron chi connectivity index (χ3n) is 2.60. The summed E-state index contributed by atoms with van der Waals surface area (Å²) in [6, 6.07) is 8.23. The lowest BCUT2D eigenvalue weighted by molar-refractivity contribution is 0.628. The number of nitrogen functional groups attached to an aromatic ring is 1. The van der Waals surface area contributed by atoms with Crippen molar-refractivity contribution in [2.45, 2.75) is 13.0 Å². The van der Waals surface area contributed by atoms with Crippen LogP contribution in [0, 0.1) is 5.82 Å². The van der Waals surface area contributed by atoms with Gasteiger partial charge in [0.15, 0.2) is 0 Å². The number of aromatic nitrogens is 1. The molecule has 3 N–H and O–H groups in total. The summed E-state index contributed by atoms with van der Waals surface area (Å²) >= 11 is 5.64. The molecule has 18 heavy (non-hydrogen) atoms. The first-order chi connectivity index (χ1) is 8.58. The molecule has 2 aromatic rings. The predicted molar refractivity (Wildman–Crippen MR) is 72.1 cm³/mol. The van der Waals surface area contributed by atoms with Crippen LogP contribution in [0.5, 0.6) is 0 Å². The van der Waals surface area contributed by atoms with Gasteiger partial charge in [0.05, 0.1) is 28.1 Å². The smallest absolute Gasteiger partial charge is 0.143 e. The first kappa shape index (κ1) is 12.6. The second-order valence-corrected chi connectivity index (χ2v) is 4.38. The number of hydrogen-bond donors (Lipinski definition) is 2. The van der Waals surface area contributed by atoms with E-state index in [4.69, 9.17) is 17.3 Å². The van der Waals surface area contributed by atoms with Crippen LogP contribution in [0.15, 0.2) is 36.5 Å². The maximum Gasteiger partial charge on any atom is 0.143 e. The molecule has 0 aliphatic rings. The van der Waals surface area contributed by atoms with Gasteiger partial charge in [0.2, 0.25) is 0 Å². The van der Waals surface area contributed by atoms with E-state index < -0.39 is 5.82 Å². The van der Waals surface area contributed by atoms with E-state index in [1.807, 2.05) is 25.1 Å². The molecule has 0 saturated carbocycles. The fraction of sp³-hybridized carbons (Fsp3) is 0.154. The number of benzene rings is 1. The molecule has 1 heterocycles. The maximum atomic E-state index is 13.4. The number of nitrogens with two attached hydrogens (primary N) is 1. The minimum atomic E-state index is -0.499. The number of rotatable bonds is 3. The van der Waals surface area contributed by atoms with Crippen LogP contribution >= 0.6 is 11.6 Å². The van der Waals surface area contributed by atoms with Gasteiger partial charge in [-0.05, 0) is 25.1 Å². The van der Waals surface area contributed by atoms with Crippen LogP contribution in [0.4, 0.5) is 15.8 Å². The van der Waals surface area contributed by atoms with Crippen LogP contribution < -0.4 is 11.1 Å². The van der Waals surface area contributed by atoms with Crippen LogP contribution in [0.2, 0.25) is 5.02 Å². The van der Waals surface area contributed by atoms with E-state index in [-0.39, 0.29) is 11.1 Å². The fourth-order valence-electron chi connectivity index (χ4n) is 1.63. The zero-order chi connectivity index (χ0) is 13.1. The van der Waals surface area contributed by atoms with Crippen LogP contribution in [0.25, 0.3) is 0 Å². The average Bonchev–Trinajstić information content (AvgIpc) is 2.37. The predicted octanol–water partition coefficient (Wildman–Crippen LogP) is 3.63. The number of pyridine rings is 1. The monoisotopic (exact) mass is 265 g/mol. The molecular formula is C13H13ClFN3. The minimum absolute atomic E-state index is 0.0172. The van der Waals surface area contributed by atoms with E-state index in [9.17, 15) is 4.39 Å². The molecule has 0 bridgehead atoms. The van der Waals surface area contributed by atoms with Gasteiger partial charge in [-0.15, -0.1) is 0 Å². The summed E-state index contributed by atoms with van der Waals surface area (Å²) in [5.41, 5.74) is 7.55. The standard InChI is InChI=1S/C13H13ClFN3/c1-8(12-4-2-3-5-17-12)18-13-7-10(15)9(14)6-11(13)16/h2-8,18H,16H2,1H3. The molecule has 0 radical (unpaired) electrons. The second kappa shape index (κ2) is 5.23. The molecule has 2 rings (SSSR count). The number of nitrogens with zero attached hydrogens (tertiary/aromatic N) is 1. The molecule has 1 unspecified atom stereocenters. The van der Waals surface area contributed by atoms with Gasteiger partial charge in [-0.25, -0.2) is 4.39 Å². The molecule has 0 amide bonds. The van der Waals surface area contributed by atoms with Crippen molar-refractivity contribution in [3.05, 3.63) is 53.1 Å². The van der Waals surface area contributed by atoms with E-state index >= 15 is 0 Å². The average molecular weight is 266 g/mol. The van der Waals surface area contributed by atoms with Gasteiger partial charge in [0.25, 0.3) is 0 Å². The summed E-state index contributed by atoms with van der Waals surface area (Å²) in [6.45, 7) is 1.92. The lowest BCUT2D eigenvalue weighted by atomic mass is 10.2. The zero-order valence-electron chi connectivity index (χ0n) is 9.82. The Hall–Kier alpha value is -1.81. The number of nitrogens with one attached hydrogen (secondary N) is 1. The minimum Gasteiger partial charge on any atom is -0.397 e. The molecule has 0 fully saturated rings. The lowest BCUT2D eigenvalue weighted by Gasteiger charge is -2.16. The van der Waals surface area contributed by atoms with E-state index in [2.05, 4.69) is 10.3 Å². The van der Waals surface area contributed by atoms with Crippen molar-refractivity contribution in [3.63, 3.8) is 0 Å². The van der Waals surface area contributed by atoms with E-state index in [1.54, 1.807) is 6.20 Å². The van der Waals surface area contributed by atoms with Crippen molar-refractivity contribution in [1.82, 2.24) is 4.98 Å². The molecule has 0 spiro atoms. The van der Waals surface area contributed by atoms with Crippen LogP contribution in [-0.4, -0.2) is 4.98 Å². The highest BCUT2D eigenvalue weighted by Crippen LogP contribution is 2.28. The molecule has 0 aliphatic carbocycles. The largest absolute Gasteiger partial charge is 0.397 e. The van der Waals surface area contributed by atoms with Gasteiger partial charge in [-0.1, -0.05) is 17.7 Å². The first-order valence-electron chi connectivity index (χ1n) is 5.50. The van der Waals surface area contributed by atoms with Crippen molar-refractivity contribution in [2.24, 2.45) is 0 Å². The Morgan fingerprint density at radius 3 is 2.83 bits per heavy atom. The summed E-state index contributed by atoms with van der Waals surface area (Å²) in [5, 5.41) is 3.13. The topological polar surface area (TPSA) is 50.9 Å². The van der Waals surface area contributed by atoms with Crippen molar-refractivity contribution in [1.29, 1.82) is 0 Å². The SMILES string of the molecule is CC(Nc1cc(F)c(Cl)cc1N)c1ccccn1. The molecule has 1 aromatic heterocycles. The molecule has 1 aromatic carbocycles. The highest BCUT2D eigenvalue weighted by molar-refractivity contribution is 6.31. The van der Waals surface area contributed by atoms with Gasteiger partial charge < -0.3 is 11.1 Å². The second-order valence-electron chi connectivity index (χ2n) is 3.97. The Bertz CT molecular complexity index is 545. The Kier molecular flexibility index (Phi) is 3.67. The highest BCUT2D eigenvalue weighted by Gasteiger charge is 2.10. The summed E-state index contributed by atoms with van der Waals surface area (Å²) in [7, 11) is 0. The van der Waals surface area contributed by atoms with E-state index in [0.717, 1.165) is 5.69 Å². The van der Waals surface area contributed by atoms with Crippen LogP contribution in [0.3, 0.4) is 0 Å². The van der Waals surface area contributed by atoms with Crippen LogP contribution in [-0.2, 0) is 0 Å². The van der Waals surface area contributed by atoms with Gasteiger partial charge >= 0.3 is 0 Å². The first-order valence-corrected chi connectivity index (χ1v) is 5.87. The third kappa shape index (κ3) is 2.71. The molecule has 1 atom stereocenters. The molecule has 94 valence electrons. The van der Waals surface area contributed by atoms with E-state index in [1.165, 1.54) is 12.1 Å². The summed E-state index contributed by atoms with van der Waals surface area (Å²) < 4.78 is 13.4. The van der Waals surface area contributed by atoms with Gasteiger partial charge in [0, 0.05) is 12.3 Å². The molecule has 5 heteroatoms. The number of halogens is 2. The number of anilines is 2. The van der Waals surface area contributed by atoms with Crippen molar-refractivity contribution < 1.29 is 4.39 Å². The van der Waals surface area contributed by atoms with Crippen molar-refractivity contribution in [2.75, 3.05) is 11.1 Å². The van der Waals surface area contributed by atoms with Crippen molar-refractivity contribution in [3.8, 4) is 0 Å². The third-order valence-corrected chi connectivity index (χ3v) is 2.89. The Morgan fingerprint density at radius 2 is 2.17 bits per heavy atom. The quantitative estimate of drug-likeness (QED) is 0.833. The van der Waals surface area contributed by atoms with Gasteiger partial charge in [-0.3, -0.25) is 4.98 Å². The molecule has 0 saturated heterocycles. The normalized spacial score (nSPS) is 12.2. The van der Waals surface area contributed by atoms with E-state index in [0.29, 0.717) is 11.4 Å². The van der Waals surface area contributed by atoms with Gasteiger partial charge in [-0.2, -0.15) is 0 Å². The Morgan fingerprint density at radius 1 is 1.39 bits per heavy atom. The highest BCUT2D eigenvalue weighted by atomic mass is 35.5. The van der Waals surface area contributed by atoms with Crippen LogP contribution in [0.1, 0.15) is 18.7 Å². The maximum absolute atomic E-state index is 13.4. The molecule has 3 nitrogen and oxygen atoms in total. The summed E-state index contributed by atoms with van der Waals surface area (Å²) in [5.74, 6) is -0.499.